The fourth-order valence-corrected chi connectivity index (χ4v) is 1.21. The molecule has 0 fully saturated rings. The number of rotatable bonds is 3. The summed E-state index contributed by atoms with van der Waals surface area (Å²) in [6, 6.07) is 5.12. The molecule has 0 heterocycles. The summed E-state index contributed by atoms with van der Waals surface area (Å²) in [5.41, 5.74) is -1.07. The second-order valence-electron chi connectivity index (χ2n) is 3.35. The summed E-state index contributed by atoms with van der Waals surface area (Å²) in [6.07, 6.45) is -0.404. The minimum Gasteiger partial charge on any atom is -0.481 e. The molecule has 0 aromatic heterocycles. The molecule has 1 unspecified atom stereocenters. The van der Waals surface area contributed by atoms with Crippen molar-refractivity contribution in [3.05, 3.63) is 35.6 Å². The van der Waals surface area contributed by atoms with Gasteiger partial charge in [-0.1, -0.05) is 12.1 Å². The molecule has 76 valence electrons. The number of carbonyl (C=O) groups is 1. The average Bonchev–Trinajstić information content (AvgIpc) is 2.02. The van der Waals surface area contributed by atoms with Crippen LogP contribution in [0.15, 0.2) is 24.3 Å². The smallest absolute Gasteiger partial charge is 0.306 e. The maximum atomic E-state index is 12.5. The van der Waals surface area contributed by atoms with Gasteiger partial charge in [0.05, 0.1) is 12.0 Å². The van der Waals surface area contributed by atoms with E-state index in [1.54, 1.807) is 0 Å². The van der Waals surface area contributed by atoms with Crippen molar-refractivity contribution in [2.24, 2.45) is 0 Å². The first-order valence-corrected chi connectivity index (χ1v) is 4.12. The molecule has 0 aliphatic heterocycles. The number of carboxylic acid groups (broad SMARTS) is 1. The molecule has 0 radical (unpaired) electrons. The molecule has 2 N–H and O–H groups in total. The molecular weight excluding hydrogens is 187 g/mol. The van der Waals surface area contributed by atoms with Gasteiger partial charge in [0.15, 0.2) is 0 Å². The number of aliphatic carboxylic acids is 1. The lowest BCUT2D eigenvalue weighted by Gasteiger charge is -2.21. The van der Waals surface area contributed by atoms with Crippen LogP contribution >= 0.6 is 0 Å². The van der Waals surface area contributed by atoms with Crippen LogP contribution < -0.4 is 0 Å². The van der Waals surface area contributed by atoms with Crippen molar-refractivity contribution in [1.82, 2.24) is 0 Å². The molecule has 14 heavy (non-hydrogen) atoms. The summed E-state index contributed by atoms with van der Waals surface area (Å²) in [6.45, 7) is 1.38. The molecule has 0 amide bonds. The molecule has 0 bridgehead atoms. The molecule has 1 aromatic rings. The Morgan fingerprint density at radius 1 is 1.43 bits per heavy atom. The van der Waals surface area contributed by atoms with E-state index in [0.29, 0.717) is 5.56 Å². The van der Waals surface area contributed by atoms with Gasteiger partial charge in [-0.3, -0.25) is 4.79 Å². The first-order chi connectivity index (χ1) is 6.42. The van der Waals surface area contributed by atoms with Gasteiger partial charge >= 0.3 is 5.97 Å². The Morgan fingerprint density at radius 2 is 1.93 bits per heavy atom. The van der Waals surface area contributed by atoms with Crippen molar-refractivity contribution in [3.63, 3.8) is 0 Å². The molecule has 0 aliphatic rings. The van der Waals surface area contributed by atoms with E-state index >= 15 is 0 Å². The Hall–Kier alpha value is -1.42. The molecule has 0 saturated carbocycles. The van der Waals surface area contributed by atoms with E-state index in [4.69, 9.17) is 5.11 Å². The molecule has 3 nitrogen and oxygen atoms in total. The molecule has 0 saturated heterocycles. The van der Waals surface area contributed by atoms with Crippen LogP contribution in [0.3, 0.4) is 0 Å². The van der Waals surface area contributed by atoms with Crippen molar-refractivity contribution in [2.75, 3.05) is 0 Å². The minimum absolute atomic E-state index is 0.390. The van der Waals surface area contributed by atoms with Crippen molar-refractivity contribution in [2.45, 2.75) is 18.9 Å². The molecular formula is C10H11FO3. The van der Waals surface area contributed by atoms with Gasteiger partial charge in [-0.05, 0) is 24.6 Å². The van der Waals surface area contributed by atoms with Gasteiger partial charge in [-0.2, -0.15) is 0 Å². The normalized spacial score (nSPS) is 14.8. The Kier molecular flexibility index (Phi) is 2.86. The molecule has 1 rings (SSSR count). The lowest BCUT2D eigenvalue weighted by atomic mass is 9.93. The Morgan fingerprint density at radius 3 is 2.36 bits per heavy atom. The molecule has 4 heteroatoms. The van der Waals surface area contributed by atoms with E-state index in [9.17, 15) is 14.3 Å². The first-order valence-electron chi connectivity index (χ1n) is 4.12. The maximum Gasteiger partial charge on any atom is 0.306 e. The molecule has 1 atom stereocenters. The Balaban J connectivity index is 2.91. The van der Waals surface area contributed by atoms with Gasteiger partial charge in [0.25, 0.3) is 0 Å². The number of carboxylic acids is 1. The van der Waals surface area contributed by atoms with Gasteiger partial charge in [0.1, 0.15) is 5.82 Å². The fourth-order valence-electron chi connectivity index (χ4n) is 1.21. The zero-order chi connectivity index (χ0) is 10.8. The molecule has 0 spiro atoms. The van der Waals surface area contributed by atoms with Gasteiger partial charge in [-0.15, -0.1) is 0 Å². The lowest BCUT2D eigenvalue weighted by molar-refractivity contribution is -0.142. The summed E-state index contributed by atoms with van der Waals surface area (Å²) >= 11 is 0. The third-order valence-electron chi connectivity index (χ3n) is 1.96. The van der Waals surface area contributed by atoms with Gasteiger partial charge in [0.2, 0.25) is 0 Å². The van der Waals surface area contributed by atoms with E-state index in [-0.39, 0.29) is 0 Å². The zero-order valence-corrected chi connectivity index (χ0v) is 7.70. The predicted molar refractivity (Wildman–Crippen MR) is 48.2 cm³/mol. The quantitative estimate of drug-likeness (QED) is 0.773. The standard InChI is InChI=1S/C10H11FO3/c1-10(14,6-9(12)13)7-2-4-8(11)5-3-7/h2-5,14H,6H2,1H3,(H,12,13). The fraction of sp³-hybridized carbons (Fsp3) is 0.300. The Labute approximate surface area is 80.8 Å². The van der Waals surface area contributed by atoms with Crippen LogP contribution in [0.5, 0.6) is 0 Å². The maximum absolute atomic E-state index is 12.5. The summed E-state index contributed by atoms with van der Waals surface area (Å²) < 4.78 is 12.5. The molecule has 1 aromatic carbocycles. The van der Waals surface area contributed by atoms with Crippen LogP contribution in [0.25, 0.3) is 0 Å². The number of halogens is 1. The lowest BCUT2D eigenvalue weighted by Crippen LogP contribution is -2.24. The number of aliphatic hydroxyl groups is 1. The van der Waals surface area contributed by atoms with Crippen molar-refractivity contribution in [1.29, 1.82) is 0 Å². The predicted octanol–water partition coefficient (Wildman–Crippen LogP) is 1.51. The van der Waals surface area contributed by atoms with E-state index < -0.39 is 23.8 Å². The third kappa shape index (κ3) is 2.53. The van der Waals surface area contributed by atoms with Crippen LogP contribution in [0, 0.1) is 5.82 Å². The first kappa shape index (κ1) is 10.7. The number of hydrogen-bond donors (Lipinski definition) is 2. The number of hydrogen-bond acceptors (Lipinski definition) is 2. The van der Waals surface area contributed by atoms with Crippen LogP contribution in [-0.4, -0.2) is 16.2 Å². The SMILES string of the molecule is CC(O)(CC(=O)O)c1ccc(F)cc1. The monoisotopic (exact) mass is 198 g/mol. The minimum atomic E-state index is -1.46. The summed E-state index contributed by atoms with van der Waals surface area (Å²) in [5.74, 6) is -1.51. The van der Waals surface area contributed by atoms with Crippen LogP contribution in [0.1, 0.15) is 18.9 Å². The zero-order valence-electron chi connectivity index (χ0n) is 7.70. The topological polar surface area (TPSA) is 57.5 Å². The highest BCUT2D eigenvalue weighted by Gasteiger charge is 2.26. The van der Waals surface area contributed by atoms with E-state index in [1.807, 2.05) is 0 Å². The van der Waals surface area contributed by atoms with E-state index in [1.165, 1.54) is 31.2 Å². The molecule has 0 aliphatic carbocycles. The summed E-state index contributed by atoms with van der Waals surface area (Å²) in [4.78, 5) is 10.4. The van der Waals surface area contributed by atoms with Crippen molar-refractivity contribution < 1.29 is 19.4 Å². The highest BCUT2D eigenvalue weighted by atomic mass is 19.1. The highest BCUT2D eigenvalue weighted by molar-refractivity contribution is 5.68. The average molecular weight is 198 g/mol. The largest absolute Gasteiger partial charge is 0.481 e. The van der Waals surface area contributed by atoms with Crippen molar-refractivity contribution >= 4 is 5.97 Å². The second-order valence-corrected chi connectivity index (χ2v) is 3.35. The highest BCUT2D eigenvalue weighted by Crippen LogP contribution is 2.24. The van der Waals surface area contributed by atoms with Gasteiger partial charge in [0, 0.05) is 0 Å². The van der Waals surface area contributed by atoms with Crippen LogP contribution in [0.4, 0.5) is 4.39 Å². The summed E-state index contributed by atoms with van der Waals surface area (Å²) in [5, 5.41) is 18.3. The van der Waals surface area contributed by atoms with Crippen LogP contribution in [-0.2, 0) is 10.4 Å². The second kappa shape index (κ2) is 3.75. The summed E-state index contributed by atoms with van der Waals surface area (Å²) in [7, 11) is 0. The van der Waals surface area contributed by atoms with Gasteiger partial charge < -0.3 is 10.2 Å². The van der Waals surface area contributed by atoms with E-state index in [0.717, 1.165) is 0 Å². The van der Waals surface area contributed by atoms with Gasteiger partial charge in [-0.25, -0.2) is 4.39 Å². The third-order valence-corrected chi connectivity index (χ3v) is 1.96. The Bertz CT molecular complexity index is 330. The van der Waals surface area contributed by atoms with E-state index in [2.05, 4.69) is 0 Å². The number of benzene rings is 1. The van der Waals surface area contributed by atoms with Crippen LogP contribution in [0.2, 0.25) is 0 Å². The van der Waals surface area contributed by atoms with Crippen molar-refractivity contribution in [3.8, 4) is 0 Å².